The molecule has 0 saturated carbocycles. The number of methoxy groups -OCH3 is 1. The molecule has 0 aliphatic carbocycles. The van der Waals surface area contributed by atoms with Gasteiger partial charge in [0.2, 0.25) is 0 Å². The Bertz CT molecular complexity index is 872. The van der Waals surface area contributed by atoms with E-state index < -0.39 is 0 Å². The van der Waals surface area contributed by atoms with Gasteiger partial charge in [0.15, 0.2) is 0 Å². The van der Waals surface area contributed by atoms with Gasteiger partial charge in [-0.2, -0.15) is 0 Å². The molecule has 1 fully saturated rings. The number of likely N-dealkylation sites (tertiary alicyclic amines) is 1. The van der Waals surface area contributed by atoms with Crippen molar-refractivity contribution in [2.45, 2.75) is 39.0 Å². The molecule has 1 aliphatic rings. The first-order chi connectivity index (χ1) is 13.3. The van der Waals surface area contributed by atoms with Gasteiger partial charge in [-0.25, -0.2) is 4.98 Å². The Labute approximate surface area is 160 Å². The number of rotatable bonds is 7. The zero-order valence-electron chi connectivity index (χ0n) is 16.1. The van der Waals surface area contributed by atoms with Crippen molar-refractivity contribution in [2.24, 2.45) is 0 Å². The molecule has 1 aliphatic heterocycles. The normalized spacial score (nSPS) is 17.6. The van der Waals surface area contributed by atoms with Crippen LogP contribution < -0.4 is 4.74 Å². The predicted molar refractivity (Wildman–Crippen MR) is 107 cm³/mol. The van der Waals surface area contributed by atoms with Crippen molar-refractivity contribution in [3.63, 3.8) is 0 Å². The minimum Gasteiger partial charge on any atom is -0.496 e. The SMILES string of the molecule is CCOCc1cc(CN2CCC[C@H]2c2cc3cccnc3[nH]2)ccc1OC. The monoisotopic (exact) mass is 365 g/mol. The summed E-state index contributed by atoms with van der Waals surface area (Å²) in [4.78, 5) is 10.5. The van der Waals surface area contributed by atoms with E-state index in [1.165, 1.54) is 29.5 Å². The minimum atomic E-state index is 0.414. The molecular weight excluding hydrogens is 338 g/mol. The maximum absolute atomic E-state index is 5.61. The maximum atomic E-state index is 5.61. The van der Waals surface area contributed by atoms with E-state index in [1.54, 1.807) is 7.11 Å². The largest absolute Gasteiger partial charge is 0.496 e. The van der Waals surface area contributed by atoms with Crippen molar-refractivity contribution in [1.29, 1.82) is 0 Å². The number of nitrogens with zero attached hydrogens (tertiary/aromatic N) is 2. The topological polar surface area (TPSA) is 50.4 Å². The fraction of sp³-hybridized carbons (Fsp3) is 0.409. The summed E-state index contributed by atoms with van der Waals surface area (Å²) in [5.41, 5.74) is 4.65. The van der Waals surface area contributed by atoms with Crippen LogP contribution in [0.2, 0.25) is 0 Å². The van der Waals surface area contributed by atoms with Gasteiger partial charge >= 0.3 is 0 Å². The fourth-order valence-electron chi connectivity index (χ4n) is 4.02. The highest BCUT2D eigenvalue weighted by Gasteiger charge is 2.27. The highest BCUT2D eigenvalue weighted by Crippen LogP contribution is 2.34. The average Bonchev–Trinajstić information content (AvgIpc) is 3.32. The number of hydrogen-bond acceptors (Lipinski definition) is 4. The lowest BCUT2D eigenvalue weighted by Gasteiger charge is -2.24. The summed E-state index contributed by atoms with van der Waals surface area (Å²) in [5.74, 6) is 0.895. The van der Waals surface area contributed by atoms with Gasteiger partial charge in [-0.1, -0.05) is 6.07 Å². The molecule has 3 heterocycles. The molecule has 1 aromatic carbocycles. The molecule has 2 aromatic heterocycles. The molecule has 5 heteroatoms. The van der Waals surface area contributed by atoms with Crippen LogP contribution >= 0.6 is 0 Å². The number of H-pyrrole nitrogens is 1. The predicted octanol–water partition coefficient (Wildman–Crippen LogP) is 4.45. The molecule has 0 bridgehead atoms. The van der Waals surface area contributed by atoms with E-state index in [-0.39, 0.29) is 0 Å². The number of aromatic nitrogens is 2. The molecule has 0 spiro atoms. The van der Waals surface area contributed by atoms with Gasteiger partial charge in [-0.15, -0.1) is 0 Å². The van der Waals surface area contributed by atoms with Crippen molar-refractivity contribution >= 4 is 11.0 Å². The number of fused-ring (bicyclic) bond motifs is 1. The third-order valence-electron chi connectivity index (χ3n) is 5.33. The van der Waals surface area contributed by atoms with Crippen LogP contribution in [0.5, 0.6) is 5.75 Å². The summed E-state index contributed by atoms with van der Waals surface area (Å²) in [7, 11) is 1.71. The van der Waals surface area contributed by atoms with Crippen LogP contribution in [-0.4, -0.2) is 35.1 Å². The second-order valence-electron chi connectivity index (χ2n) is 7.08. The first-order valence-corrected chi connectivity index (χ1v) is 9.69. The molecule has 3 aromatic rings. The van der Waals surface area contributed by atoms with Gasteiger partial charge in [0, 0.05) is 36.0 Å². The molecule has 0 radical (unpaired) electrons. The number of hydrogen-bond donors (Lipinski definition) is 1. The molecule has 27 heavy (non-hydrogen) atoms. The molecule has 4 rings (SSSR count). The van der Waals surface area contributed by atoms with Crippen LogP contribution in [0.15, 0.2) is 42.6 Å². The second-order valence-corrected chi connectivity index (χ2v) is 7.08. The van der Waals surface area contributed by atoms with E-state index in [1.807, 2.05) is 19.2 Å². The Morgan fingerprint density at radius 3 is 3.00 bits per heavy atom. The number of pyridine rings is 1. The maximum Gasteiger partial charge on any atom is 0.137 e. The van der Waals surface area contributed by atoms with Gasteiger partial charge in [-0.05, 0) is 62.2 Å². The second kappa shape index (κ2) is 8.11. The fourth-order valence-corrected chi connectivity index (χ4v) is 4.02. The summed E-state index contributed by atoms with van der Waals surface area (Å²) in [6, 6.07) is 13.2. The van der Waals surface area contributed by atoms with E-state index in [0.717, 1.165) is 30.0 Å². The van der Waals surface area contributed by atoms with Crippen molar-refractivity contribution in [3.05, 3.63) is 59.4 Å². The van der Waals surface area contributed by atoms with Gasteiger partial charge in [0.1, 0.15) is 11.4 Å². The Balaban J connectivity index is 1.54. The van der Waals surface area contributed by atoms with E-state index in [0.29, 0.717) is 19.3 Å². The smallest absolute Gasteiger partial charge is 0.137 e. The van der Waals surface area contributed by atoms with E-state index in [4.69, 9.17) is 9.47 Å². The summed E-state index contributed by atoms with van der Waals surface area (Å²) in [6.45, 7) is 5.35. The van der Waals surface area contributed by atoms with Gasteiger partial charge in [-0.3, -0.25) is 4.90 Å². The van der Waals surface area contributed by atoms with Crippen LogP contribution in [0, 0.1) is 0 Å². The standard InChI is InChI=1S/C22H27N3O2/c1-3-27-15-18-12-16(8-9-21(18)26-2)14-25-11-5-7-20(25)19-13-17-6-4-10-23-22(17)24-19/h4,6,8-10,12-13,20H,3,5,7,11,14-15H2,1-2H3,(H,23,24)/t20-/m0/s1. The third-order valence-corrected chi connectivity index (χ3v) is 5.33. The van der Waals surface area contributed by atoms with Crippen molar-refractivity contribution in [1.82, 2.24) is 14.9 Å². The van der Waals surface area contributed by atoms with Crippen LogP contribution in [0.25, 0.3) is 11.0 Å². The summed E-state index contributed by atoms with van der Waals surface area (Å²) in [6.07, 6.45) is 4.23. The minimum absolute atomic E-state index is 0.414. The summed E-state index contributed by atoms with van der Waals surface area (Å²) in [5, 5.41) is 1.18. The lowest BCUT2D eigenvalue weighted by molar-refractivity contribution is 0.132. The Morgan fingerprint density at radius 1 is 1.26 bits per heavy atom. The number of ether oxygens (including phenoxy) is 2. The van der Waals surface area contributed by atoms with Gasteiger partial charge in [0.25, 0.3) is 0 Å². The molecule has 0 unspecified atom stereocenters. The number of benzene rings is 1. The lowest BCUT2D eigenvalue weighted by Crippen LogP contribution is -2.23. The van der Waals surface area contributed by atoms with E-state index in [9.17, 15) is 0 Å². The molecule has 1 N–H and O–H groups in total. The third kappa shape index (κ3) is 3.84. The van der Waals surface area contributed by atoms with Crippen LogP contribution in [0.1, 0.15) is 42.6 Å². The number of nitrogens with one attached hydrogen (secondary N) is 1. The summed E-state index contributed by atoms with van der Waals surface area (Å²) < 4.78 is 11.1. The van der Waals surface area contributed by atoms with Gasteiger partial charge < -0.3 is 14.5 Å². The zero-order chi connectivity index (χ0) is 18.6. The first kappa shape index (κ1) is 18.0. The molecule has 1 saturated heterocycles. The van der Waals surface area contributed by atoms with Crippen LogP contribution in [-0.2, 0) is 17.9 Å². The Hall–Kier alpha value is -2.37. The molecule has 5 nitrogen and oxygen atoms in total. The quantitative estimate of drug-likeness (QED) is 0.672. The Morgan fingerprint density at radius 2 is 2.19 bits per heavy atom. The van der Waals surface area contributed by atoms with Crippen LogP contribution in [0.4, 0.5) is 0 Å². The van der Waals surface area contributed by atoms with Crippen LogP contribution in [0.3, 0.4) is 0 Å². The highest BCUT2D eigenvalue weighted by molar-refractivity contribution is 5.76. The van der Waals surface area contributed by atoms with Gasteiger partial charge in [0.05, 0.1) is 19.8 Å². The zero-order valence-corrected chi connectivity index (χ0v) is 16.1. The summed E-state index contributed by atoms with van der Waals surface area (Å²) >= 11 is 0. The average molecular weight is 365 g/mol. The van der Waals surface area contributed by atoms with Crippen molar-refractivity contribution in [2.75, 3.05) is 20.3 Å². The molecule has 1 atom stereocenters. The lowest BCUT2D eigenvalue weighted by atomic mass is 10.1. The molecule has 0 amide bonds. The van der Waals surface area contributed by atoms with E-state index >= 15 is 0 Å². The number of aromatic amines is 1. The molecular formula is C22H27N3O2. The van der Waals surface area contributed by atoms with Crippen molar-refractivity contribution < 1.29 is 9.47 Å². The molecule has 142 valence electrons. The highest BCUT2D eigenvalue weighted by atomic mass is 16.5. The first-order valence-electron chi connectivity index (χ1n) is 9.69. The van der Waals surface area contributed by atoms with Crippen molar-refractivity contribution in [3.8, 4) is 5.75 Å². The van der Waals surface area contributed by atoms with E-state index in [2.05, 4.69) is 45.2 Å². The Kier molecular flexibility index (Phi) is 5.41.